The predicted molar refractivity (Wildman–Crippen MR) is 110 cm³/mol. The molecule has 0 aliphatic heterocycles. The normalized spacial score (nSPS) is 26.2. The van der Waals surface area contributed by atoms with Gasteiger partial charge < -0.3 is 24.8 Å². The van der Waals surface area contributed by atoms with E-state index in [1.165, 1.54) is 25.2 Å². The number of ketones is 1. The van der Waals surface area contributed by atoms with Crippen LogP contribution in [0.15, 0.2) is 35.5 Å². The van der Waals surface area contributed by atoms with E-state index in [4.69, 9.17) is 9.84 Å². The van der Waals surface area contributed by atoms with E-state index in [0.717, 1.165) is 13.2 Å². The van der Waals surface area contributed by atoms with Crippen molar-refractivity contribution in [1.82, 2.24) is 0 Å². The summed E-state index contributed by atoms with van der Waals surface area (Å²) in [6, 6.07) is 0. The zero-order valence-electron chi connectivity index (χ0n) is 18.4. The van der Waals surface area contributed by atoms with Crippen LogP contribution in [0, 0.1) is 5.41 Å². The molecular weight excluding hydrogens is 408 g/mol. The van der Waals surface area contributed by atoms with Crippen molar-refractivity contribution in [2.24, 2.45) is 5.41 Å². The van der Waals surface area contributed by atoms with Gasteiger partial charge in [-0.15, -0.1) is 0 Å². The van der Waals surface area contributed by atoms with E-state index in [2.05, 4.69) is 4.74 Å². The molecule has 9 heteroatoms. The quantitative estimate of drug-likeness (QED) is 0.276. The minimum Gasteiger partial charge on any atom is -0.478 e. The van der Waals surface area contributed by atoms with E-state index >= 15 is 0 Å². The van der Waals surface area contributed by atoms with Gasteiger partial charge in [-0.25, -0.2) is 4.79 Å². The molecule has 0 aromatic heterocycles. The molecule has 0 saturated heterocycles. The van der Waals surface area contributed by atoms with Crippen LogP contribution in [-0.2, 0) is 28.7 Å². The highest BCUT2D eigenvalue weighted by Crippen LogP contribution is 2.45. The molecule has 1 aliphatic rings. The fourth-order valence-electron chi connectivity index (χ4n) is 3.43. The van der Waals surface area contributed by atoms with E-state index in [1.807, 2.05) is 0 Å². The zero-order chi connectivity index (χ0) is 24.0. The van der Waals surface area contributed by atoms with E-state index in [1.54, 1.807) is 20.8 Å². The topological polar surface area (TPSA) is 147 Å². The summed E-state index contributed by atoms with van der Waals surface area (Å²) in [6.07, 6.45) is 4.04. The monoisotopic (exact) mass is 438 g/mol. The molecular formula is C22H30O9. The minimum absolute atomic E-state index is 0.126. The molecule has 1 aliphatic carbocycles. The Labute approximate surface area is 181 Å². The van der Waals surface area contributed by atoms with Crippen LogP contribution < -0.4 is 0 Å². The Balaban J connectivity index is 3.05. The third kappa shape index (κ3) is 7.15. The molecule has 9 nitrogen and oxygen atoms in total. The Morgan fingerprint density at radius 3 is 2.39 bits per heavy atom. The predicted octanol–water partition coefficient (Wildman–Crippen LogP) is 1.48. The summed E-state index contributed by atoms with van der Waals surface area (Å²) in [7, 11) is 1.16. The summed E-state index contributed by atoms with van der Waals surface area (Å²) in [5.41, 5.74) is -3.93. The number of hydrogen-bond acceptors (Lipinski definition) is 8. The Morgan fingerprint density at radius 1 is 1.26 bits per heavy atom. The largest absolute Gasteiger partial charge is 0.478 e. The number of carboxylic acid groups (broad SMARTS) is 1. The summed E-state index contributed by atoms with van der Waals surface area (Å²) in [4.78, 5) is 46.6. The minimum atomic E-state index is -1.69. The zero-order valence-corrected chi connectivity index (χ0v) is 18.4. The maximum atomic E-state index is 12.3. The molecule has 31 heavy (non-hydrogen) atoms. The Morgan fingerprint density at radius 2 is 1.84 bits per heavy atom. The molecule has 3 N–H and O–H groups in total. The van der Waals surface area contributed by atoms with Crippen molar-refractivity contribution in [1.29, 1.82) is 0 Å². The first-order valence-electron chi connectivity index (χ1n) is 9.63. The smallest absolute Gasteiger partial charge is 0.328 e. The molecule has 0 aromatic rings. The van der Waals surface area contributed by atoms with Crippen LogP contribution in [0.4, 0.5) is 0 Å². The first kappa shape index (κ1) is 26.3. The van der Waals surface area contributed by atoms with E-state index < -0.39 is 47.4 Å². The number of rotatable bonds is 9. The third-order valence-corrected chi connectivity index (χ3v) is 5.23. The first-order valence-corrected chi connectivity index (χ1v) is 9.63. The average Bonchev–Trinajstić information content (AvgIpc) is 2.61. The Kier molecular flexibility index (Phi) is 8.48. The van der Waals surface area contributed by atoms with E-state index in [-0.39, 0.29) is 18.8 Å². The van der Waals surface area contributed by atoms with Gasteiger partial charge in [-0.1, -0.05) is 13.0 Å². The van der Waals surface area contributed by atoms with Crippen molar-refractivity contribution in [3.05, 3.63) is 35.5 Å². The Bertz CT molecular complexity index is 834. The summed E-state index contributed by atoms with van der Waals surface area (Å²) in [6.45, 7) is 5.61. The van der Waals surface area contributed by atoms with Gasteiger partial charge in [-0.05, 0) is 44.1 Å². The Hall–Kier alpha value is -2.78. The average molecular weight is 438 g/mol. The second kappa shape index (κ2) is 10.0. The summed E-state index contributed by atoms with van der Waals surface area (Å²) in [5, 5.41) is 30.4. The summed E-state index contributed by atoms with van der Waals surface area (Å²) >= 11 is 0. The SMILES string of the molecule is COC(=O)C[C@@](C)(O)CC(=O)OC[C@]1(C)CC(=O)C=C(C)[C@]1(O)/C=C/C(C)=C\C(=O)O. The molecule has 0 amide bonds. The van der Waals surface area contributed by atoms with Crippen LogP contribution in [0.2, 0.25) is 0 Å². The molecule has 0 unspecified atom stereocenters. The molecule has 172 valence electrons. The lowest BCUT2D eigenvalue weighted by Gasteiger charge is -2.45. The standard InChI is InChI=1S/C22H30O9/c1-14(8-17(24)25)6-7-22(29)15(2)9-16(23)10-20(22,3)13-31-19(27)12-21(4,28)11-18(26)30-5/h6-9,28-29H,10-13H2,1-5H3,(H,24,25)/b7-6+,14-8-/t20-,21+,22+/m0/s1. The van der Waals surface area contributed by atoms with Crippen LogP contribution in [0.5, 0.6) is 0 Å². The van der Waals surface area contributed by atoms with E-state index in [0.29, 0.717) is 11.1 Å². The van der Waals surface area contributed by atoms with Crippen molar-refractivity contribution in [3.8, 4) is 0 Å². The molecule has 0 spiro atoms. The van der Waals surface area contributed by atoms with Crippen molar-refractivity contribution in [2.75, 3.05) is 13.7 Å². The maximum absolute atomic E-state index is 12.3. The van der Waals surface area contributed by atoms with Crippen LogP contribution >= 0.6 is 0 Å². The number of carboxylic acids is 1. The van der Waals surface area contributed by atoms with Crippen LogP contribution in [0.3, 0.4) is 0 Å². The summed E-state index contributed by atoms with van der Waals surface area (Å²) < 4.78 is 9.75. The number of carbonyl (C=O) groups excluding carboxylic acids is 3. The maximum Gasteiger partial charge on any atom is 0.328 e. The molecule has 0 aromatic carbocycles. The fourth-order valence-corrected chi connectivity index (χ4v) is 3.43. The highest BCUT2D eigenvalue weighted by molar-refractivity contribution is 5.93. The van der Waals surface area contributed by atoms with Gasteiger partial charge in [-0.2, -0.15) is 0 Å². The number of methoxy groups -OCH3 is 1. The highest BCUT2D eigenvalue weighted by Gasteiger charge is 2.51. The number of carbonyl (C=O) groups is 4. The lowest BCUT2D eigenvalue weighted by molar-refractivity contribution is -0.160. The molecule has 0 fully saturated rings. The van der Waals surface area contributed by atoms with Crippen LogP contribution in [0.1, 0.15) is 47.0 Å². The van der Waals surface area contributed by atoms with E-state index in [9.17, 15) is 29.4 Å². The van der Waals surface area contributed by atoms with Gasteiger partial charge in [0, 0.05) is 17.9 Å². The number of aliphatic carboxylic acids is 1. The second-order valence-electron chi connectivity index (χ2n) is 8.44. The van der Waals surface area contributed by atoms with Crippen LogP contribution in [0.25, 0.3) is 0 Å². The molecule has 0 bridgehead atoms. The van der Waals surface area contributed by atoms with Gasteiger partial charge in [0.15, 0.2) is 5.78 Å². The molecule has 0 heterocycles. The van der Waals surface area contributed by atoms with Crippen molar-refractivity contribution in [2.45, 2.75) is 58.2 Å². The lowest BCUT2D eigenvalue weighted by atomic mass is 9.63. The number of hydrogen-bond donors (Lipinski definition) is 3. The van der Waals surface area contributed by atoms with Crippen molar-refractivity contribution >= 4 is 23.7 Å². The third-order valence-electron chi connectivity index (χ3n) is 5.23. The fraction of sp³-hybridized carbons (Fsp3) is 0.545. The number of esters is 2. The lowest BCUT2D eigenvalue weighted by Crippen LogP contribution is -2.52. The van der Waals surface area contributed by atoms with Crippen molar-refractivity contribution in [3.63, 3.8) is 0 Å². The number of aliphatic hydroxyl groups is 2. The molecule has 3 atom stereocenters. The highest BCUT2D eigenvalue weighted by atomic mass is 16.5. The van der Waals surface area contributed by atoms with Gasteiger partial charge in [-0.3, -0.25) is 14.4 Å². The van der Waals surface area contributed by atoms with Gasteiger partial charge >= 0.3 is 17.9 Å². The van der Waals surface area contributed by atoms with Gasteiger partial charge in [0.1, 0.15) is 12.2 Å². The first-order chi connectivity index (χ1) is 14.1. The van der Waals surface area contributed by atoms with Gasteiger partial charge in [0.25, 0.3) is 0 Å². The molecule has 0 saturated carbocycles. The van der Waals surface area contributed by atoms with Gasteiger partial charge in [0.2, 0.25) is 0 Å². The molecule has 1 rings (SSSR count). The number of ether oxygens (including phenoxy) is 2. The second-order valence-corrected chi connectivity index (χ2v) is 8.44. The number of allylic oxidation sites excluding steroid dienone is 3. The van der Waals surface area contributed by atoms with Gasteiger partial charge in [0.05, 0.1) is 25.6 Å². The summed E-state index contributed by atoms with van der Waals surface area (Å²) in [5.74, 6) is -2.91. The van der Waals surface area contributed by atoms with Crippen LogP contribution in [-0.4, -0.2) is 63.9 Å². The molecule has 0 radical (unpaired) electrons. The van der Waals surface area contributed by atoms with Crippen molar-refractivity contribution < 1.29 is 44.0 Å².